The van der Waals surface area contributed by atoms with Gasteiger partial charge in [-0.05, 0) is 32.9 Å². The Balaban J connectivity index is 2.77. The fourth-order valence-electron chi connectivity index (χ4n) is 1.82. The molecule has 0 saturated carbocycles. The molecular weight excluding hydrogens is 230 g/mol. The van der Waals surface area contributed by atoms with E-state index in [2.05, 4.69) is 31.1 Å². The molecule has 3 N–H and O–H groups in total. The van der Waals surface area contributed by atoms with Crippen LogP contribution < -0.4 is 11.3 Å². The summed E-state index contributed by atoms with van der Waals surface area (Å²) in [6.45, 7) is 9.05. The molecular formula is C13H23N3O2. The van der Waals surface area contributed by atoms with Crippen LogP contribution in [0.3, 0.4) is 0 Å². The minimum atomic E-state index is -0.390. The van der Waals surface area contributed by atoms with Crippen molar-refractivity contribution in [3.8, 4) is 0 Å². The molecule has 0 radical (unpaired) electrons. The Hall–Kier alpha value is -1.33. The Labute approximate surface area is 108 Å². The van der Waals surface area contributed by atoms with Gasteiger partial charge in [-0.25, -0.2) is 5.84 Å². The van der Waals surface area contributed by atoms with Gasteiger partial charge in [0.05, 0.1) is 6.54 Å². The Morgan fingerprint density at radius 2 is 2.11 bits per heavy atom. The molecule has 0 bridgehead atoms. The maximum Gasteiger partial charge on any atom is 0.301 e. The van der Waals surface area contributed by atoms with E-state index in [0.29, 0.717) is 18.5 Å². The number of aryl methyl sites for hydroxylation is 1. The largest absolute Gasteiger partial charge is 0.454 e. The van der Waals surface area contributed by atoms with Gasteiger partial charge in [-0.3, -0.25) is 15.1 Å². The van der Waals surface area contributed by atoms with Crippen molar-refractivity contribution in [2.24, 2.45) is 11.8 Å². The zero-order valence-electron chi connectivity index (χ0n) is 11.8. The fraction of sp³-hybridized carbons (Fsp3) is 0.615. The SMILES string of the molecule is Cc1cc(CN(C)C(C)C(C)C)oc1C(=O)NN. The molecule has 0 saturated heterocycles. The molecule has 5 nitrogen and oxygen atoms in total. The summed E-state index contributed by atoms with van der Waals surface area (Å²) in [5.74, 6) is 6.35. The third kappa shape index (κ3) is 3.34. The van der Waals surface area contributed by atoms with Crippen LogP contribution >= 0.6 is 0 Å². The number of amides is 1. The van der Waals surface area contributed by atoms with Gasteiger partial charge in [0.15, 0.2) is 5.76 Å². The highest BCUT2D eigenvalue weighted by Crippen LogP contribution is 2.18. The predicted octanol–water partition coefficient (Wildman–Crippen LogP) is 1.67. The Bertz CT molecular complexity index is 412. The van der Waals surface area contributed by atoms with Gasteiger partial charge in [0.2, 0.25) is 0 Å². The average Bonchev–Trinajstić information content (AvgIpc) is 2.67. The highest BCUT2D eigenvalue weighted by molar-refractivity contribution is 5.92. The van der Waals surface area contributed by atoms with Gasteiger partial charge in [0.25, 0.3) is 0 Å². The summed E-state index contributed by atoms with van der Waals surface area (Å²) in [5, 5.41) is 0. The van der Waals surface area contributed by atoms with Gasteiger partial charge in [0.1, 0.15) is 5.76 Å². The smallest absolute Gasteiger partial charge is 0.301 e. The summed E-state index contributed by atoms with van der Waals surface area (Å²) in [7, 11) is 2.05. The Morgan fingerprint density at radius 1 is 1.50 bits per heavy atom. The number of furan rings is 1. The van der Waals surface area contributed by atoms with Gasteiger partial charge < -0.3 is 4.42 Å². The minimum absolute atomic E-state index is 0.290. The third-order valence-electron chi connectivity index (χ3n) is 3.37. The normalized spacial score (nSPS) is 13.1. The quantitative estimate of drug-likeness (QED) is 0.475. The first kappa shape index (κ1) is 14.7. The van der Waals surface area contributed by atoms with Crippen LogP contribution in [0.25, 0.3) is 0 Å². The van der Waals surface area contributed by atoms with Gasteiger partial charge in [0, 0.05) is 11.6 Å². The number of nitrogen functional groups attached to an aromatic ring is 1. The molecule has 0 aromatic carbocycles. The minimum Gasteiger partial charge on any atom is -0.454 e. The number of hydrazine groups is 1. The Morgan fingerprint density at radius 3 is 2.61 bits per heavy atom. The van der Waals surface area contributed by atoms with E-state index in [0.717, 1.165) is 11.3 Å². The highest BCUT2D eigenvalue weighted by Gasteiger charge is 2.18. The molecule has 1 unspecified atom stereocenters. The molecule has 0 fully saturated rings. The van der Waals surface area contributed by atoms with E-state index in [9.17, 15) is 4.79 Å². The molecule has 5 heteroatoms. The number of nitrogens with zero attached hydrogens (tertiary/aromatic N) is 1. The van der Waals surface area contributed by atoms with Crippen molar-refractivity contribution in [3.63, 3.8) is 0 Å². The summed E-state index contributed by atoms with van der Waals surface area (Å²) in [5.41, 5.74) is 2.89. The van der Waals surface area contributed by atoms with E-state index < -0.39 is 5.91 Å². The second kappa shape index (κ2) is 6.02. The molecule has 0 aliphatic carbocycles. The van der Waals surface area contributed by atoms with Crippen molar-refractivity contribution in [2.75, 3.05) is 7.05 Å². The summed E-state index contributed by atoms with van der Waals surface area (Å²) >= 11 is 0. The lowest BCUT2D eigenvalue weighted by Gasteiger charge is -2.26. The lowest BCUT2D eigenvalue weighted by molar-refractivity contribution is 0.0920. The number of nitrogens with one attached hydrogen (secondary N) is 1. The number of hydrogen-bond acceptors (Lipinski definition) is 4. The monoisotopic (exact) mass is 253 g/mol. The number of rotatable bonds is 5. The van der Waals surface area contributed by atoms with Gasteiger partial charge in [-0.2, -0.15) is 0 Å². The molecule has 1 heterocycles. The van der Waals surface area contributed by atoms with Crippen molar-refractivity contribution >= 4 is 5.91 Å². The van der Waals surface area contributed by atoms with Crippen molar-refractivity contribution in [3.05, 3.63) is 23.2 Å². The van der Waals surface area contributed by atoms with Crippen LogP contribution in [0.4, 0.5) is 0 Å². The van der Waals surface area contributed by atoms with E-state index in [1.54, 1.807) is 0 Å². The predicted molar refractivity (Wildman–Crippen MR) is 70.9 cm³/mol. The number of nitrogens with two attached hydrogens (primary N) is 1. The molecule has 1 amide bonds. The molecule has 0 spiro atoms. The van der Waals surface area contributed by atoms with Gasteiger partial charge >= 0.3 is 5.91 Å². The molecule has 1 rings (SSSR count). The zero-order chi connectivity index (χ0) is 13.9. The first-order valence-electron chi connectivity index (χ1n) is 6.17. The lowest BCUT2D eigenvalue weighted by atomic mass is 10.1. The van der Waals surface area contributed by atoms with Crippen LogP contribution in [-0.4, -0.2) is 23.9 Å². The highest BCUT2D eigenvalue weighted by atomic mass is 16.4. The fourth-order valence-corrected chi connectivity index (χ4v) is 1.82. The molecule has 1 aromatic rings. The molecule has 18 heavy (non-hydrogen) atoms. The van der Waals surface area contributed by atoms with Gasteiger partial charge in [-0.15, -0.1) is 0 Å². The van der Waals surface area contributed by atoms with Crippen molar-refractivity contribution in [1.29, 1.82) is 0 Å². The van der Waals surface area contributed by atoms with Crippen LogP contribution in [0.2, 0.25) is 0 Å². The second-order valence-electron chi connectivity index (χ2n) is 5.10. The molecule has 0 aliphatic rings. The van der Waals surface area contributed by atoms with Crippen LogP contribution in [0, 0.1) is 12.8 Å². The molecule has 0 aliphatic heterocycles. The molecule has 1 aromatic heterocycles. The van der Waals surface area contributed by atoms with E-state index >= 15 is 0 Å². The first-order chi connectivity index (χ1) is 8.36. The number of carbonyl (C=O) groups excluding carboxylic acids is 1. The summed E-state index contributed by atoms with van der Waals surface area (Å²) in [6, 6.07) is 2.33. The average molecular weight is 253 g/mol. The maximum atomic E-state index is 11.4. The second-order valence-corrected chi connectivity index (χ2v) is 5.10. The van der Waals surface area contributed by atoms with Crippen molar-refractivity contribution < 1.29 is 9.21 Å². The number of carbonyl (C=O) groups is 1. The Kier molecular flexibility index (Phi) is 4.93. The van der Waals surface area contributed by atoms with Crippen LogP contribution in [0.5, 0.6) is 0 Å². The zero-order valence-corrected chi connectivity index (χ0v) is 11.8. The van der Waals surface area contributed by atoms with Crippen molar-refractivity contribution in [1.82, 2.24) is 10.3 Å². The maximum absolute atomic E-state index is 11.4. The van der Waals surface area contributed by atoms with E-state index in [1.165, 1.54) is 0 Å². The third-order valence-corrected chi connectivity index (χ3v) is 3.37. The number of hydrogen-bond donors (Lipinski definition) is 2. The first-order valence-corrected chi connectivity index (χ1v) is 6.17. The topological polar surface area (TPSA) is 71.5 Å². The van der Waals surface area contributed by atoms with E-state index in [4.69, 9.17) is 10.3 Å². The van der Waals surface area contributed by atoms with Crippen LogP contribution in [0.15, 0.2) is 10.5 Å². The van der Waals surface area contributed by atoms with E-state index in [-0.39, 0.29) is 5.76 Å². The summed E-state index contributed by atoms with van der Waals surface area (Å²) in [4.78, 5) is 13.6. The standard InChI is InChI=1S/C13H23N3O2/c1-8(2)10(4)16(5)7-11-6-9(3)12(18-11)13(17)15-14/h6,8,10H,7,14H2,1-5H3,(H,15,17). The summed E-state index contributed by atoms with van der Waals surface area (Å²) in [6.07, 6.45) is 0. The van der Waals surface area contributed by atoms with Gasteiger partial charge in [-0.1, -0.05) is 13.8 Å². The van der Waals surface area contributed by atoms with Crippen LogP contribution in [-0.2, 0) is 6.54 Å². The van der Waals surface area contributed by atoms with Crippen LogP contribution in [0.1, 0.15) is 42.6 Å². The molecule has 1 atom stereocenters. The van der Waals surface area contributed by atoms with Crippen molar-refractivity contribution in [2.45, 2.75) is 40.3 Å². The molecule has 102 valence electrons. The lowest BCUT2D eigenvalue weighted by Crippen LogP contribution is -2.32. The van der Waals surface area contributed by atoms with E-state index in [1.807, 2.05) is 20.0 Å². The summed E-state index contributed by atoms with van der Waals surface area (Å²) < 4.78 is 5.53.